The monoisotopic (exact) mass is 334 g/mol. The van der Waals surface area contributed by atoms with Crippen LogP contribution in [0.1, 0.15) is 10.6 Å². The van der Waals surface area contributed by atoms with Crippen molar-refractivity contribution in [1.82, 2.24) is 0 Å². The number of rotatable bonds is 3. The zero-order valence-electron chi connectivity index (χ0n) is 7.84. The average molecular weight is 336 g/mol. The Hall–Kier alpha value is -0.370. The fraction of sp³-hybridized carbons (Fsp3) is 0.273. The second kappa shape index (κ2) is 7.00. The summed E-state index contributed by atoms with van der Waals surface area (Å²) in [6.45, 7) is 0.274. The Morgan fingerprint density at radius 1 is 1.33 bits per heavy atom. The number of benzene rings is 1. The first-order valence-corrected chi connectivity index (χ1v) is 6.31. The molecule has 1 aromatic rings. The lowest BCUT2D eigenvalue weighted by Crippen LogP contribution is -1.99. The van der Waals surface area contributed by atoms with E-state index in [-0.39, 0.29) is 12.4 Å². The molecule has 80 valence electrons. The average Bonchev–Trinajstić information content (AvgIpc) is 2.25. The minimum Gasteiger partial charge on any atom is -0.349 e. The van der Waals surface area contributed by atoms with Gasteiger partial charge in [0.15, 0.2) is 0 Å². The zero-order chi connectivity index (χ0) is 11.1. The van der Waals surface area contributed by atoms with Gasteiger partial charge in [-0.15, -0.1) is 0 Å². The summed E-state index contributed by atoms with van der Waals surface area (Å²) >= 11 is 6.42. The molecular formula is C11H9Br2FO. The fourth-order valence-electron chi connectivity index (χ4n) is 0.962. The second-order valence-electron chi connectivity index (χ2n) is 2.64. The molecule has 0 radical (unpaired) electrons. The minimum absolute atomic E-state index is 0.274. The number of hydrogen-bond donors (Lipinski definition) is 0. The third-order valence-corrected chi connectivity index (χ3v) is 2.68. The molecule has 1 aromatic carbocycles. The van der Waals surface area contributed by atoms with Crippen LogP contribution < -0.4 is 0 Å². The van der Waals surface area contributed by atoms with Crippen molar-refractivity contribution >= 4 is 31.9 Å². The quantitative estimate of drug-likeness (QED) is 0.605. The second-order valence-corrected chi connectivity index (χ2v) is 4.03. The molecule has 0 aliphatic carbocycles. The summed E-state index contributed by atoms with van der Waals surface area (Å²) in [4.78, 5) is 0. The van der Waals surface area contributed by atoms with E-state index < -0.39 is 5.01 Å². The van der Waals surface area contributed by atoms with Crippen LogP contribution in [0.4, 0.5) is 4.39 Å². The molecule has 0 bridgehead atoms. The highest BCUT2D eigenvalue weighted by atomic mass is 79.9. The third kappa shape index (κ3) is 4.33. The summed E-state index contributed by atoms with van der Waals surface area (Å²) in [7, 11) is 0. The Bertz CT molecular complexity index is 370. The van der Waals surface area contributed by atoms with Crippen molar-refractivity contribution < 1.29 is 9.13 Å². The number of halogens is 3. The molecule has 1 nitrogen and oxygen atoms in total. The summed E-state index contributed by atoms with van der Waals surface area (Å²) in [5.74, 6) is 5.30. The molecule has 0 saturated heterocycles. The van der Waals surface area contributed by atoms with Gasteiger partial charge in [-0.3, -0.25) is 0 Å². The summed E-state index contributed by atoms with van der Waals surface area (Å²) < 4.78 is 18.6. The minimum atomic E-state index is -0.455. The molecule has 1 rings (SSSR count). The predicted molar refractivity (Wildman–Crippen MR) is 65.6 cm³/mol. The molecular weight excluding hydrogens is 327 g/mol. The molecule has 1 atom stereocenters. The van der Waals surface area contributed by atoms with E-state index in [2.05, 4.69) is 43.7 Å². The van der Waals surface area contributed by atoms with Crippen LogP contribution in [0.15, 0.2) is 24.3 Å². The standard InChI is InChI=1S/C11H9Br2FO/c12-7-3-4-8-15-11(13)9-5-1-2-6-10(9)14/h1-2,5-6,11H,7-8H2. The molecule has 0 spiro atoms. The lowest BCUT2D eigenvalue weighted by Gasteiger charge is -2.09. The van der Waals surface area contributed by atoms with Crippen molar-refractivity contribution in [3.8, 4) is 11.8 Å². The van der Waals surface area contributed by atoms with Crippen LogP contribution in [0.25, 0.3) is 0 Å². The normalized spacial score (nSPS) is 11.7. The Labute approximate surface area is 105 Å². The Morgan fingerprint density at radius 2 is 2.07 bits per heavy atom. The molecule has 0 N–H and O–H groups in total. The summed E-state index contributed by atoms with van der Waals surface area (Å²) in [6, 6.07) is 6.48. The smallest absolute Gasteiger partial charge is 0.141 e. The maximum Gasteiger partial charge on any atom is 0.141 e. The molecule has 0 fully saturated rings. The first-order valence-electron chi connectivity index (χ1n) is 4.27. The topological polar surface area (TPSA) is 9.23 Å². The first kappa shape index (κ1) is 12.7. The van der Waals surface area contributed by atoms with Gasteiger partial charge in [0.2, 0.25) is 0 Å². The maximum absolute atomic E-state index is 13.3. The lowest BCUT2D eigenvalue weighted by molar-refractivity contribution is 0.147. The van der Waals surface area contributed by atoms with Crippen LogP contribution in [0, 0.1) is 17.7 Å². The highest BCUT2D eigenvalue weighted by Gasteiger charge is 2.11. The van der Waals surface area contributed by atoms with E-state index in [0.717, 1.165) is 0 Å². The van der Waals surface area contributed by atoms with Crippen molar-refractivity contribution in [2.45, 2.75) is 5.01 Å². The van der Waals surface area contributed by atoms with Gasteiger partial charge < -0.3 is 4.74 Å². The molecule has 4 heteroatoms. The van der Waals surface area contributed by atoms with Crippen molar-refractivity contribution in [2.24, 2.45) is 0 Å². The summed E-state index contributed by atoms with van der Waals surface area (Å²) in [5, 5.41) is 0.159. The maximum atomic E-state index is 13.3. The van der Waals surface area contributed by atoms with Gasteiger partial charge in [-0.25, -0.2) is 4.39 Å². The molecule has 0 aromatic heterocycles. The van der Waals surface area contributed by atoms with Gasteiger partial charge in [-0.1, -0.05) is 61.9 Å². The highest BCUT2D eigenvalue weighted by molar-refractivity contribution is 9.09. The van der Waals surface area contributed by atoms with Gasteiger partial charge in [0.25, 0.3) is 0 Å². The van der Waals surface area contributed by atoms with E-state index in [1.807, 2.05) is 0 Å². The Morgan fingerprint density at radius 3 is 2.73 bits per heavy atom. The van der Waals surface area contributed by atoms with Gasteiger partial charge in [-0.05, 0) is 6.07 Å². The SMILES string of the molecule is Fc1ccccc1C(Br)OCC#CCBr. The molecule has 0 amide bonds. The predicted octanol–water partition coefficient (Wildman–Crippen LogP) is 3.63. The largest absolute Gasteiger partial charge is 0.349 e. The molecule has 15 heavy (non-hydrogen) atoms. The van der Waals surface area contributed by atoms with Crippen LogP contribution in [0.5, 0.6) is 0 Å². The van der Waals surface area contributed by atoms with E-state index >= 15 is 0 Å². The third-order valence-electron chi connectivity index (χ3n) is 1.64. The van der Waals surface area contributed by atoms with Crippen LogP contribution >= 0.6 is 31.9 Å². The number of ether oxygens (including phenoxy) is 1. The summed E-state index contributed by atoms with van der Waals surface area (Å²) in [5.41, 5.74) is 0.484. The molecule has 1 unspecified atom stereocenters. The zero-order valence-corrected chi connectivity index (χ0v) is 11.0. The van der Waals surface area contributed by atoms with Gasteiger partial charge in [0.1, 0.15) is 17.4 Å². The van der Waals surface area contributed by atoms with E-state index in [1.54, 1.807) is 18.2 Å². The van der Waals surface area contributed by atoms with Crippen molar-refractivity contribution in [1.29, 1.82) is 0 Å². The van der Waals surface area contributed by atoms with E-state index in [9.17, 15) is 4.39 Å². The lowest BCUT2D eigenvalue weighted by atomic mass is 10.2. The first-order chi connectivity index (χ1) is 7.25. The van der Waals surface area contributed by atoms with Gasteiger partial charge in [0.05, 0.1) is 5.33 Å². The van der Waals surface area contributed by atoms with E-state index in [1.165, 1.54) is 6.07 Å². The Balaban J connectivity index is 2.54. The van der Waals surface area contributed by atoms with E-state index in [4.69, 9.17) is 4.74 Å². The van der Waals surface area contributed by atoms with Crippen molar-refractivity contribution in [3.63, 3.8) is 0 Å². The summed E-state index contributed by atoms with van der Waals surface area (Å²) in [6.07, 6.45) is 0. The molecule has 0 aliphatic rings. The highest BCUT2D eigenvalue weighted by Crippen LogP contribution is 2.25. The van der Waals surface area contributed by atoms with Crippen molar-refractivity contribution in [3.05, 3.63) is 35.6 Å². The van der Waals surface area contributed by atoms with Gasteiger partial charge >= 0.3 is 0 Å². The van der Waals surface area contributed by atoms with Crippen LogP contribution in [0.2, 0.25) is 0 Å². The van der Waals surface area contributed by atoms with Gasteiger partial charge in [0, 0.05) is 5.56 Å². The number of hydrogen-bond acceptors (Lipinski definition) is 1. The molecule has 0 heterocycles. The fourth-order valence-corrected chi connectivity index (χ4v) is 1.66. The molecule has 0 aliphatic heterocycles. The van der Waals surface area contributed by atoms with Crippen LogP contribution in [-0.2, 0) is 4.74 Å². The Kier molecular flexibility index (Phi) is 5.92. The number of alkyl halides is 2. The van der Waals surface area contributed by atoms with Crippen molar-refractivity contribution in [2.75, 3.05) is 11.9 Å². The van der Waals surface area contributed by atoms with Crippen LogP contribution in [-0.4, -0.2) is 11.9 Å². The van der Waals surface area contributed by atoms with Crippen LogP contribution in [0.3, 0.4) is 0 Å². The van der Waals surface area contributed by atoms with E-state index in [0.29, 0.717) is 10.9 Å². The van der Waals surface area contributed by atoms with Gasteiger partial charge in [-0.2, -0.15) is 0 Å². The molecule has 0 saturated carbocycles.